The molecule has 2 rings (SSSR count). The minimum atomic E-state index is 0.377. The summed E-state index contributed by atoms with van der Waals surface area (Å²) in [4.78, 5) is 5.15. The largest absolute Gasteiger partial charge is 0.392 e. The van der Waals surface area contributed by atoms with Crippen LogP contribution in [0.4, 0.5) is 0 Å². The van der Waals surface area contributed by atoms with Crippen molar-refractivity contribution >= 4 is 6.21 Å². The molecule has 1 heterocycles. The Bertz CT molecular complexity index is 130. The Hall–Kier alpha value is -0.530. The van der Waals surface area contributed by atoms with Crippen LogP contribution in [0.1, 0.15) is 32.1 Å². The van der Waals surface area contributed by atoms with E-state index in [0.717, 1.165) is 12.3 Å². The van der Waals surface area contributed by atoms with Crippen LogP contribution < -0.4 is 0 Å². The number of rotatable bonds is 1. The predicted molar refractivity (Wildman–Crippen MR) is 38.9 cm³/mol. The number of hydrogen-bond donors (Lipinski definition) is 0. The minimum absolute atomic E-state index is 0.377. The zero-order valence-electron chi connectivity index (χ0n) is 6.05. The lowest BCUT2D eigenvalue weighted by atomic mass is 9.99. The van der Waals surface area contributed by atoms with E-state index in [0.29, 0.717) is 6.10 Å². The van der Waals surface area contributed by atoms with Gasteiger partial charge in [-0.15, -0.1) is 0 Å². The molecule has 1 radical (unpaired) electrons. The summed E-state index contributed by atoms with van der Waals surface area (Å²) >= 11 is 0. The maximum Gasteiger partial charge on any atom is 0.136 e. The first-order valence-electron chi connectivity index (χ1n) is 4.05. The molecule has 0 bridgehead atoms. The second-order valence-electron chi connectivity index (χ2n) is 3.14. The summed E-state index contributed by atoms with van der Waals surface area (Å²) in [6.45, 7) is 0. The quantitative estimate of drug-likeness (QED) is 0.541. The van der Waals surface area contributed by atoms with Crippen LogP contribution in [0.25, 0.3) is 0 Å². The molecule has 1 fully saturated rings. The van der Waals surface area contributed by atoms with Crippen LogP contribution in [-0.2, 0) is 4.84 Å². The van der Waals surface area contributed by atoms with Crippen molar-refractivity contribution < 1.29 is 4.84 Å². The molecule has 2 heteroatoms. The fourth-order valence-electron chi connectivity index (χ4n) is 1.85. The van der Waals surface area contributed by atoms with E-state index in [-0.39, 0.29) is 0 Å². The molecule has 2 nitrogen and oxygen atoms in total. The van der Waals surface area contributed by atoms with E-state index in [4.69, 9.17) is 4.84 Å². The highest BCUT2D eigenvalue weighted by atomic mass is 16.6. The minimum Gasteiger partial charge on any atom is -0.392 e. The molecular weight excluding hydrogens is 126 g/mol. The fourth-order valence-corrected chi connectivity index (χ4v) is 1.85. The van der Waals surface area contributed by atoms with E-state index >= 15 is 0 Å². The SMILES string of the molecule is [C]1=NOC(C2CCCC2)C1. The molecule has 1 aliphatic heterocycles. The molecule has 1 aliphatic carbocycles. The van der Waals surface area contributed by atoms with Gasteiger partial charge in [0.05, 0.1) is 0 Å². The lowest BCUT2D eigenvalue weighted by Gasteiger charge is -2.14. The summed E-state index contributed by atoms with van der Waals surface area (Å²) in [5.74, 6) is 0.777. The van der Waals surface area contributed by atoms with Crippen molar-refractivity contribution in [2.45, 2.75) is 38.2 Å². The van der Waals surface area contributed by atoms with Crippen molar-refractivity contribution in [1.29, 1.82) is 0 Å². The second kappa shape index (κ2) is 2.60. The van der Waals surface area contributed by atoms with E-state index in [1.54, 1.807) is 0 Å². The Morgan fingerprint density at radius 1 is 1.30 bits per heavy atom. The maximum atomic E-state index is 5.15. The third-order valence-electron chi connectivity index (χ3n) is 2.47. The highest BCUT2D eigenvalue weighted by Gasteiger charge is 2.28. The van der Waals surface area contributed by atoms with Gasteiger partial charge in [-0.2, -0.15) is 0 Å². The Labute approximate surface area is 61.2 Å². The third kappa shape index (κ3) is 1.02. The first-order chi connectivity index (χ1) is 4.97. The summed E-state index contributed by atoms with van der Waals surface area (Å²) in [5.41, 5.74) is 0. The Morgan fingerprint density at radius 3 is 2.70 bits per heavy atom. The van der Waals surface area contributed by atoms with Gasteiger partial charge in [0, 0.05) is 6.42 Å². The summed E-state index contributed by atoms with van der Waals surface area (Å²) in [5, 5.41) is 3.66. The van der Waals surface area contributed by atoms with Crippen molar-refractivity contribution in [2.75, 3.05) is 0 Å². The van der Waals surface area contributed by atoms with Crippen LogP contribution in [-0.4, -0.2) is 12.3 Å². The van der Waals surface area contributed by atoms with Gasteiger partial charge in [-0.1, -0.05) is 18.0 Å². The Morgan fingerprint density at radius 2 is 2.10 bits per heavy atom. The molecule has 2 aliphatic rings. The normalized spacial score (nSPS) is 33.0. The third-order valence-corrected chi connectivity index (χ3v) is 2.47. The van der Waals surface area contributed by atoms with Gasteiger partial charge < -0.3 is 4.84 Å². The van der Waals surface area contributed by atoms with Crippen molar-refractivity contribution in [2.24, 2.45) is 11.1 Å². The van der Waals surface area contributed by atoms with Gasteiger partial charge in [-0.3, -0.25) is 0 Å². The van der Waals surface area contributed by atoms with Gasteiger partial charge in [0.15, 0.2) is 0 Å². The molecule has 0 aromatic rings. The van der Waals surface area contributed by atoms with Gasteiger partial charge in [0.1, 0.15) is 12.3 Å². The first kappa shape index (κ1) is 6.20. The Kier molecular flexibility index (Phi) is 1.61. The number of hydrogen-bond acceptors (Lipinski definition) is 2. The van der Waals surface area contributed by atoms with Gasteiger partial charge in [-0.25, -0.2) is 0 Å². The average molecular weight is 138 g/mol. The topological polar surface area (TPSA) is 21.6 Å². The molecule has 0 spiro atoms. The first-order valence-corrected chi connectivity index (χ1v) is 4.05. The van der Waals surface area contributed by atoms with E-state index in [1.807, 2.05) is 0 Å². The molecule has 0 amide bonds. The monoisotopic (exact) mass is 138 g/mol. The summed E-state index contributed by atoms with van der Waals surface area (Å²) in [6.07, 6.45) is 9.58. The lowest BCUT2D eigenvalue weighted by molar-refractivity contribution is 0.0425. The van der Waals surface area contributed by atoms with Crippen LogP contribution >= 0.6 is 0 Å². The van der Waals surface area contributed by atoms with Gasteiger partial charge >= 0.3 is 0 Å². The van der Waals surface area contributed by atoms with Crippen molar-refractivity contribution in [3.05, 3.63) is 0 Å². The molecule has 1 atom stereocenters. The zero-order valence-corrected chi connectivity index (χ0v) is 6.05. The molecule has 55 valence electrons. The average Bonchev–Trinajstić information content (AvgIpc) is 2.59. The Balaban J connectivity index is 1.87. The van der Waals surface area contributed by atoms with Gasteiger partial charge in [0.25, 0.3) is 0 Å². The number of nitrogens with zero attached hydrogens (tertiary/aromatic N) is 1. The lowest BCUT2D eigenvalue weighted by Crippen LogP contribution is -2.16. The van der Waals surface area contributed by atoms with E-state index in [2.05, 4.69) is 11.4 Å². The van der Waals surface area contributed by atoms with Crippen LogP contribution in [0.3, 0.4) is 0 Å². The summed E-state index contributed by atoms with van der Waals surface area (Å²) < 4.78 is 0. The summed E-state index contributed by atoms with van der Waals surface area (Å²) in [6, 6.07) is 0. The smallest absolute Gasteiger partial charge is 0.136 e. The van der Waals surface area contributed by atoms with E-state index in [1.165, 1.54) is 25.7 Å². The van der Waals surface area contributed by atoms with E-state index in [9.17, 15) is 0 Å². The van der Waals surface area contributed by atoms with Gasteiger partial charge in [-0.05, 0) is 18.8 Å². The van der Waals surface area contributed by atoms with Crippen molar-refractivity contribution in [3.8, 4) is 0 Å². The van der Waals surface area contributed by atoms with Crippen molar-refractivity contribution in [1.82, 2.24) is 0 Å². The molecule has 1 unspecified atom stereocenters. The molecule has 10 heavy (non-hydrogen) atoms. The van der Waals surface area contributed by atoms with Gasteiger partial charge in [0.2, 0.25) is 0 Å². The molecule has 0 saturated heterocycles. The highest BCUT2D eigenvalue weighted by molar-refractivity contribution is 5.58. The van der Waals surface area contributed by atoms with E-state index < -0.39 is 0 Å². The van der Waals surface area contributed by atoms with Crippen LogP contribution in [0.5, 0.6) is 0 Å². The zero-order chi connectivity index (χ0) is 6.81. The second-order valence-corrected chi connectivity index (χ2v) is 3.14. The molecule has 0 aromatic carbocycles. The summed E-state index contributed by atoms with van der Waals surface area (Å²) in [7, 11) is 0. The standard InChI is InChI=1S/C8H12NO/c1-2-4-7(3-1)8-5-6-9-10-8/h7-8H,1-5H2. The maximum absolute atomic E-state index is 5.15. The van der Waals surface area contributed by atoms with Crippen LogP contribution in [0.15, 0.2) is 5.16 Å². The molecule has 1 saturated carbocycles. The van der Waals surface area contributed by atoms with Crippen molar-refractivity contribution in [3.63, 3.8) is 0 Å². The van der Waals surface area contributed by atoms with Crippen LogP contribution in [0.2, 0.25) is 0 Å². The molecule has 0 N–H and O–H groups in total. The fraction of sp³-hybridized carbons (Fsp3) is 0.875. The highest BCUT2D eigenvalue weighted by Crippen LogP contribution is 2.31. The molecular formula is C8H12NO. The van der Waals surface area contributed by atoms with Crippen LogP contribution in [0, 0.1) is 5.92 Å². The predicted octanol–water partition coefficient (Wildman–Crippen LogP) is 1.83. The molecule has 0 aromatic heterocycles.